The van der Waals surface area contributed by atoms with E-state index in [0.29, 0.717) is 46.7 Å². The number of methoxy groups -OCH3 is 1. The number of hydrogen-bond donors (Lipinski definition) is 1. The van der Waals surface area contributed by atoms with Crippen molar-refractivity contribution in [1.29, 1.82) is 0 Å². The lowest BCUT2D eigenvalue weighted by Crippen LogP contribution is -2.40. The van der Waals surface area contributed by atoms with Crippen LogP contribution >= 0.6 is 11.6 Å². The number of hydrogen-bond acceptors (Lipinski definition) is 5. The summed E-state index contributed by atoms with van der Waals surface area (Å²) in [7, 11) is 3.08. The van der Waals surface area contributed by atoms with Crippen molar-refractivity contribution in [2.45, 2.75) is 39.3 Å². The van der Waals surface area contributed by atoms with Crippen LogP contribution in [-0.2, 0) is 20.1 Å². The Hall–Kier alpha value is -4.05. The maximum absolute atomic E-state index is 14.3. The van der Waals surface area contributed by atoms with Gasteiger partial charge in [0.15, 0.2) is 0 Å². The van der Waals surface area contributed by atoms with E-state index in [2.05, 4.69) is 11.8 Å². The number of nitrogens with two attached hydrogens (primary N) is 1. The lowest BCUT2D eigenvalue weighted by molar-refractivity contribution is 0.100. The first-order chi connectivity index (χ1) is 19.6. The molecule has 11 heteroatoms. The zero-order valence-electron chi connectivity index (χ0n) is 23.3. The molecule has 1 saturated heterocycles. The summed E-state index contributed by atoms with van der Waals surface area (Å²) in [6, 6.07) is 11.1. The number of fused-ring (bicyclic) bond motifs is 1. The fraction of sp³-hybridized carbons (Fsp3) is 0.367. The zero-order valence-corrected chi connectivity index (χ0v) is 24.1. The summed E-state index contributed by atoms with van der Waals surface area (Å²) in [6.45, 7) is 3.40. The SMILES string of the molecule is CC[C@@H]1CCCN(c2c(C(N)=O)c3c(c(=O)n(Cc4ccc(OC)cc4)c(=O)n3C)n2Cc2cc(F)ccc2Cl)C1. The summed E-state index contributed by atoms with van der Waals surface area (Å²) in [5.41, 5.74) is 6.33. The highest BCUT2D eigenvalue weighted by atomic mass is 35.5. The molecule has 1 aliphatic rings. The number of aryl methyl sites for hydroxylation is 1. The summed E-state index contributed by atoms with van der Waals surface area (Å²) >= 11 is 6.48. The van der Waals surface area contributed by atoms with Crippen LogP contribution in [0.4, 0.5) is 10.2 Å². The normalized spacial score (nSPS) is 15.4. The van der Waals surface area contributed by atoms with Crippen molar-refractivity contribution in [3.8, 4) is 5.75 Å². The summed E-state index contributed by atoms with van der Waals surface area (Å²) in [5, 5.41) is 0.313. The number of piperidine rings is 1. The van der Waals surface area contributed by atoms with Gasteiger partial charge in [-0.1, -0.05) is 37.1 Å². The average molecular weight is 582 g/mol. The summed E-state index contributed by atoms with van der Waals surface area (Å²) in [5.74, 6) is 0.235. The number of primary amides is 1. The predicted octanol–water partition coefficient (Wildman–Crippen LogP) is 4.12. The summed E-state index contributed by atoms with van der Waals surface area (Å²) in [6.07, 6.45) is 2.88. The van der Waals surface area contributed by atoms with Gasteiger partial charge in [-0.2, -0.15) is 0 Å². The standard InChI is InChI=1S/C30H33ClFN5O4/c1-4-18-6-5-13-35(15-18)28-24(27(33)38)25-26(36(28)17-20-14-21(32)9-12-23(20)31)29(39)37(30(40)34(25)2)16-19-7-10-22(41-3)11-8-19/h7-12,14,18H,4-6,13,15-17H2,1-3H3,(H2,33,38)/t18-/m1/s1. The Morgan fingerprint density at radius 1 is 1.10 bits per heavy atom. The van der Waals surface area contributed by atoms with E-state index in [1.165, 1.54) is 29.8 Å². The first-order valence-electron chi connectivity index (χ1n) is 13.6. The predicted molar refractivity (Wildman–Crippen MR) is 158 cm³/mol. The fourth-order valence-electron chi connectivity index (χ4n) is 5.82. The molecule has 0 bridgehead atoms. The number of aromatic nitrogens is 3. The lowest BCUT2D eigenvalue weighted by atomic mass is 9.95. The molecule has 1 aliphatic heterocycles. The molecular formula is C30H33ClFN5O4. The number of nitrogens with zero attached hydrogens (tertiary/aromatic N) is 4. The molecule has 1 fully saturated rings. The van der Waals surface area contributed by atoms with Crippen molar-refractivity contribution >= 4 is 34.4 Å². The Morgan fingerprint density at radius 3 is 2.49 bits per heavy atom. The van der Waals surface area contributed by atoms with Gasteiger partial charge in [-0.15, -0.1) is 0 Å². The highest BCUT2D eigenvalue weighted by molar-refractivity contribution is 6.31. The van der Waals surface area contributed by atoms with Gasteiger partial charge >= 0.3 is 5.69 Å². The Labute approximate surface area is 241 Å². The van der Waals surface area contributed by atoms with E-state index < -0.39 is 23.0 Å². The number of amides is 1. The quantitative estimate of drug-likeness (QED) is 0.337. The Balaban J connectivity index is 1.81. The average Bonchev–Trinajstić information content (AvgIpc) is 3.31. The molecule has 0 saturated carbocycles. The molecule has 216 valence electrons. The van der Waals surface area contributed by atoms with Crippen LogP contribution in [-0.4, -0.2) is 39.8 Å². The Bertz CT molecular complexity index is 1740. The fourth-order valence-corrected chi connectivity index (χ4v) is 5.99. The molecule has 41 heavy (non-hydrogen) atoms. The number of carbonyl (C=O) groups is 1. The van der Waals surface area contributed by atoms with Crippen molar-refractivity contribution < 1.29 is 13.9 Å². The summed E-state index contributed by atoms with van der Waals surface area (Å²) in [4.78, 5) is 43.0. The number of halogens is 2. The smallest absolute Gasteiger partial charge is 0.331 e. The molecular weight excluding hydrogens is 549 g/mol. The molecule has 5 rings (SSSR count). The number of benzene rings is 2. The van der Waals surface area contributed by atoms with Crippen LogP contribution in [0.2, 0.25) is 5.02 Å². The van der Waals surface area contributed by atoms with E-state index in [4.69, 9.17) is 22.1 Å². The third-order valence-electron chi connectivity index (χ3n) is 7.99. The number of ether oxygens (including phenoxy) is 1. The minimum absolute atomic E-state index is 0.000202. The number of carbonyl (C=O) groups excluding carboxylic acids is 1. The van der Waals surface area contributed by atoms with Gasteiger partial charge in [0, 0.05) is 25.2 Å². The van der Waals surface area contributed by atoms with Gasteiger partial charge in [-0.3, -0.25) is 18.7 Å². The van der Waals surface area contributed by atoms with E-state index in [-0.39, 0.29) is 29.7 Å². The maximum Gasteiger partial charge on any atom is 0.331 e. The van der Waals surface area contributed by atoms with Gasteiger partial charge in [0.1, 0.15) is 28.5 Å². The Morgan fingerprint density at radius 2 is 1.83 bits per heavy atom. The highest BCUT2D eigenvalue weighted by Gasteiger charge is 2.32. The van der Waals surface area contributed by atoms with Gasteiger partial charge in [0.2, 0.25) is 0 Å². The molecule has 2 N–H and O–H groups in total. The molecule has 2 aromatic carbocycles. The molecule has 0 radical (unpaired) electrons. The highest BCUT2D eigenvalue weighted by Crippen LogP contribution is 2.35. The third-order valence-corrected chi connectivity index (χ3v) is 8.36. The van der Waals surface area contributed by atoms with Crippen LogP contribution in [0.1, 0.15) is 47.7 Å². The molecule has 4 aromatic rings. The largest absolute Gasteiger partial charge is 0.497 e. The zero-order chi connectivity index (χ0) is 29.4. The third kappa shape index (κ3) is 5.24. The lowest BCUT2D eigenvalue weighted by Gasteiger charge is -2.35. The van der Waals surface area contributed by atoms with Crippen molar-refractivity contribution in [3.63, 3.8) is 0 Å². The van der Waals surface area contributed by atoms with E-state index in [1.807, 2.05) is 0 Å². The van der Waals surface area contributed by atoms with Gasteiger partial charge in [0.25, 0.3) is 11.5 Å². The van der Waals surface area contributed by atoms with Gasteiger partial charge < -0.3 is 19.9 Å². The van der Waals surface area contributed by atoms with E-state index in [1.54, 1.807) is 35.9 Å². The summed E-state index contributed by atoms with van der Waals surface area (Å²) < 4.78 is 23.7. The maximum atomic E-state index is 14.3. The van der Waals surface area contributed by atoms with E-state index in [9.17, 15) is 18.8 Å². The van der Waals surface area contributed by atoms with Crippen LogP contribution in [0.15, 0.2) is 52.1 Å². The van der Waals surface area contributed by atoms with Crippen molar-refractivity contribution in [1.82, 2.24) is 13.7 Å². The van der Waals surface area contributed by atoms with Crippen LogP contribution in [0, 0.1) is 11.7 Å². The first kappa shape index (κ1) is 28.5. The number of rotatable bonds is 8. The van der Waals surface area contributed by atoms with Crippen LogP contribution in [0.5, 0.6) is 5.75 Å². The monoisotopic (exact) mass is 581 g/mol. The Kier molecular flexibility index (Phi) is 7.95. The van der Waals surface area contributed by atoms with Gasteiger partial charge in [-0.05, 0) is 60.2 Å². The van der Waals surface area contributed by atoms with E-state index >= 15 is 0 Å². The second kappa shape index (κ2) is 11.4. The molecule has 0 unspecified atom stereocenters. The van der Waals surface area contributed by atoms with Crippen LogP contribution in [0.25, 0.3) is 11.0 Å². The minimum Gasteiger partial charge on any atom is -0.497 e. The van der Waals surface area contributed by atoms with Crippen LogP contribution in [0.3, 0.4) is 0 Å². The van der Waals surface area contributed by atoms with Crippen LogP contribution < -0.4 is 26.6 Å². The van der Waals surface area contributed by atoms with E-state index in [0.717, 1.165) is 23.8 Å². The second-order valence-corrected chi connectivity index (χ2v) is 10.9. The first-order valence-corrected chi connectivity index (χ1v) is 14.0. The minimum atomic E-state index is -0.755. The van der Waals surface area contributed by atoms with Gasteiger partial charge in [-0.25, -0.2) is 9.18 Å². The van der Waals surface area contributed by atoms with Crippen molar-refractivity contribution in [2.75, 3.05) is 25.1 Å². The molecule has 0 spiro atoms. The molecule has 2 aromatic heterocycles. The van der Waals surface area contributed by atoms with Crippen molar-refractivity contribution in [2.24, 2.45) is 18.7 Å². The molecule has 3 heterocycles. The van der Waals surface area contributed by atoms with Gasteiger partial charge in [0.05, 0.1) is 25.7 Å². The second-order valence-electron chi connectivity index (χ2n) is 10.5. The molecule has 0 aliphatic carbocycles. The molecule has 1 amide bonds. The molecule has 1 atom stereocenters. The van der Waals surface area contributed by atoms with Crippen molar-refractivity contribution in [3.05, 3.63) is 90.8 Å². The number of anilines is 1. The molecule has 9 nitrogen and oxygen atoms in total. The topological polar surface area (TPSA) is 104 Å².